The molecule has 7 rings (SSSR count). The van der Waals surface area contributed by atoms with E-state index in [0.29, 0.717) is 58.2 Å². The van der Waals surface area contributed by atoms with E-state index >= 15 is 0 Å². The van der Waals surface area contributed by atoms with Crippen LogP contribution in [0.3, 0.4) is 0 Å². The minimum absolute atomic E-state index is 0.0288. The molecule has 11 heteroatoms. The lowest BCUT2D eigenvalue weighted by molar-refractivity contribution is 0.226. The van der Waals surface area contributed by atoms with Gasteiger partial charge in [-0.05, 0) is 84.6 Å². The Labute approximate surface area is 310 Å². The largest absolute Gasteiger partial charge is 0.493 e. The smallest absolute Gasteiger partial charge is 0.204 e. The average Bonchev–Trinajstić information content (AvgIpc) is 3.18. The van der Waals surface area contributed by atoms with Crippen LogP contribution in [-0.2, 0) is 19.3 Å². The molecule has 5 aromatic carbocycles. The maximum absolute atomic E-state index is 6.96. The second-order valence-electron chi connectivity index (χ2n) is 13.4. The summed E-state index contributed by atoms with van der Waals surface area (Å²) in [6, 6.07) is 14.4. The van der Waals surface area contributed by atoms with Gasteiger partial charge in [-0.1, -0.05) is 6.07 Å². The first kappa shape index (κ1) is 36.0. The number of hydrogen-bond donors (Lipinski definition) is 0. The lowest BCUT2D eigenvalue weighted by atomic mass is 9.88. The topological polar surface area (TPSA) is 89.6 Å². The molecule has 2 aliphatic heterocycles. The third kappa shape index (κ3) is 5.87. The first-order valence-corrected chi connectivity index (χ1v) is 17.6. The molecular formula is C42H48N2O9. The van der Waals surface area contributed by atoms with E-state index in [1.54, 1.807) is 56.9 Å². The molecule has 0 saturated heterocycles. The molecule has 2 heterocycles. The second kappa shape index (κ2) is 14.5. The molecule has 0 N–H and O–H groups in total. The van der Waals surface area contributed by atoms with Gasteiger partial charge in [0, 0.05) is 53.8 Å². The Kier molecular flexibility index (Phi) is 9.87. The molecule has 0 spiro atoms. The Morgan fingerprint density at radius 1 is 0.566 bits per heavy atom. The van der Waals surface area contributed by atoms with E-state index in [4.69, 9.17) is 42.6 Å². The average molecular weight is 725 g/mol. The van der Waals surface area contributed by atoms with Crippen LogP contribution in [0.25, 0.3) is 21.5 Å². The van der Waals surface area contributed by atoms with Crippen LogP contribution in [0, 0.1) is 0 Å². The van der Waals surface area contributed by atoms with Gasteiger partial charge in [0.15, 0.2) is 46.0 Å². The molecule has 1 atom stereocenters. The fourth-order valence-corrected chi connectivity index (χ4v) is 8.13. The normalized spacial score (nSPS) is 15.2. The molecule has 0 radical (unpaired) electrons. The Hall–Kier alpha value is -5.42. The quantitative estimate of drug-likeness (QED) is 0.119. The zero-order valence-electron chi connectivity index (χ0n) is 32.2. The number of fused-ring (bicyclic) bond motifs is 3. The van der Waals surface area contributed by atoms with Gasteiger partial charge in [0.05, 0.1) is 56.9 Å². The Bertz CT molecular complexity index is 2200. The van der Waals surface area contributed by atoms with E-state index in [0.717, 1.165) is 70.0 Å². The third-order valence-electron chi connectivity index (χ3n) is 10.8. The summed E-state index contributed by atoms with van der Waals surface area (Å²) in [5.41, 5.74) is 5.52. The number of nitrogens with zero attached hydrogens (tertiary/aromatic N) is 2. The summed E-state index contributed by atoms with van der Waals surface area (Å²) in [5, 5.41) is 3.87. The van der Waals surface area contributed by atoms with Crippen molar-refractivity contribution in [1.82, 2.24) is 4.90 Å². The molecule has 53 heavy (non-hydrogen) atoms. The molecule has 280 valence electrons. The standard InChI is InChI=1S/C42H48N2O9/c1-43-15-13-23-19-32(46-4)33(47-5)21-27(23)29(43)17-24-11-12-31(45-3)40(50-8)38(24)53-35-20-25-18-30-36-26(14-16-44(30)2)39(49-7)42(52-10)41(51-9)37(36)28(25)22-34(35)48-6/h11-12,18-22,29H,13-17H2,1-10H3. The first-order chi connectivity index (χ1) is 25.7. The van der Waals surface area contributed by atoms with Gasteiger partial charge in [-0.2, -0.15) is 0 Å². The number of rotatable bonds is 12. The van der Waals surface area contributed by atoms with Gasteiger partial charge in [0.25, 0.3) is 0 Å². The van der Waals surface area contributed by atoms with Gasteiger partial charge in [-0.3, -0.25) is 4.90 Å². The number of ether oxygens (including phenoxy) is 9. The molecule has 0 fully saturated rings. The first-order valence-electron chi connectivity index (χ1n) is 17.6. The van der Waals surface area contributed by atoms with Crippen molar-refractivity contribution in [2.45, 2.75) is 25.3 Å². The van der Waals surface area contributed by atoms with Crippen LogP contribution in [-0.4, -0.2) is 89.0 Å². The zero-order chi connectivity index (χ0) is 37.6. The van der Waals surface area contributed by atoms with Gasteiger partial charge in [-0.25, -0.2) is 0 Å². The maximum Gasteiger partial charge on any atom is 0.204 e. The molecule has 0 aromatic heterocycles. The van der Waals surface area contributed by atoms with Gasteiger partial charge >= 0.3 is 0 Å². The van der Waals surface area contributed by atoms with Crippen molar-refractivity contribution in [3.8, 4) is 57.5 Å². The van der Waals surface area contributed by atoms with Crippen molar-refractivity contribution < 1.29 is 42.6 Å². The highest BCUT2D eigenvalue weighted by atomic mass is 16.6. The number of benzene rings is 5. The van der Waals surface area contributed by atoms with E-state index in [-0.39, 0.29) is 6.04 Å². The Morgan fingerprint density at radius 2 is 1.23 bits per heavy atom. The summed E-state index contributed by atoms with van der Waals surface area (Å²) < 4.78 is 54.1. The second-order valence-corrected chi connectivity index (χ2v) is 13.4. The van der Waals surface area contributed by atoms with E-state index in [9.17, 15) is 0 Å². The molecule has 11 nitrogen and oxygen atoms in total. The van der Waals surface area contributed by atoms with Crippen LogP contribution in [0.5, 0.6) is 57.5 Å². The highest BCUT2D eigenvalue weighted by Crippen LogP contribution is 2.55. The van der Waals surface area contributed by atoms with Crippen molar-refractivity contribution in [1.29, 1.82) is 0 Å². The molecule has 1 unspecified atom stereocenters. The minimum atomic E-state index is 0.0288. The number of likely N-dealkylation sites (N-methyl/N-ethyl adjacent to an activating group) is 2. The fraction of sp³-hybridized carbons (Fsp3) is 0.381. The molecular weight excluding hydrogens is 676 g/mol. The van der Waals surface area contributed by atoms with E-state index < -0.39 is 0 Å². The SMILES string of the molecule is COc1cc2c(cc1OC)C(Cc1ccc(OC)c(OC)c1Oc1cc3cc4c5c(c(OC)c(OC)c(OC)c5c3cc1OC)CCN4C)N(C)CC2. The molecule has 5 aromatic rings. The van der Waals surface area contributed by atoms with Crippen LogP contribution in [0.2, 0.25) is 0 Å². The van der Waals surface area contributed by atoms with Crippen molar-refractivity contribution >= 4 is 27.2 Å². The van der Waals surface area contributed by atoms with Gasteiger partial charge in [0.2, 0.25) is 11.5 Å². The summed E-state index contributed by atoms with van der Waals surface area (Å²) >= 11 is 0. The van der Waals surface area contributed by atoms with E-state index in [2.05, 4.69) is 42.1 Å². The van der Waals surface area contributed by atoms with Crippen LogP contribution in [0.1, 0.15) is 28.3 Å². The maximum atomic E-state index is 6.96. The van der Waals surface area contributed by atoms with Gasteiger partial charge in [-0.15, -0.1) is 0 Å². The van der Waals surface area contributed by atoms with Crippen LogP contribution in [0.15, 0.2) is 42.5 Å². The molecule has 0 aliphatic carbocycles. The molecule has 0 saturated carbocycles. The molecule has 0 bridgehead atoms. The summed E-state index contributed by atoms with van der Waals surface area (Å²) in [7, 11) is 17.5. The van der Waals surface area contributed by atoms with Crippen molar-refractivity contribution in [3.63, 3.8) is 0 Å². The Balaban J connectivity index is 1.41. The van der Waals surface area contributed by atoms with Crippen molar-refractivity contribution in [2.24, 2.45) is 0 Å². The number of anilines is 1. The lowest BCUT2D eigenvalue weighted by Gasteiger charge is -2.35. The van der Waals surface area contributed by atoms with Crippen molar-refractivity contribution in [3.05, 3.63) is 64.7 Å². The predicted octanol–water partition coefficient (Wildman–Crippen LogP) is 7.62. The van der Waals surface area contributed by atoms with Crippen LogP contribution < -0.4 is 47.5 Å². The lowest BCUT2D eigenvalue weighted by Crippen LogP contribution is -2.33. The summed E-state index contributed by atoms with van der Waals surface area (Å²) in [4.78, 5) is 4.63. The molecule has 2 aliphatic rings. The van der Waals surface area contributed by atoms with Crippen LogP contribution >= 0.6 is 0 Å². The highest BCUT2D eigenvalue weighted by Gasteiger charge is 2.32. The number of methoxy groups -OCH3 is 8. The van der Waals surface area contributed by atoms with Gasteiger partial charge in [0.1, 0.15) is 0 Å². The van der Waals surface area contributed by atoms with Crippen molar-refractivity contribution in [2.75, 3.05) is 89.0 Å². The molecule has 0 amide bonds. The minimum Gasteiger partial charge on any atom is -0.493 e. The Morgan fingerprint density at radius 3 is 1.89 bits per heavy atom. The highest BCUT2D eigenvalue weighted by molar-refractivity contribution is 6.19. The summed E-state index contributed by atoms with van der Waals surface area (Å²) in [6.45, 7) is 1.71. The predicted molar refractivity (Wildman–Crippen MR) is 207 cm³/mol. The van der Waals surface area contributed by atoms with E-state index in [1.165, 1.54) is 11.1 Å². The monoisotopic (exact) mass is 724 g/mol. The number of hydrogen-bond acceptors (Lipinski definition) is 11. The van der Waals surface area contributed by atoms with Gasteiger partial charge < -0.3 is 47.5 Å². The fourth-order valence-electron chi connectivity index (χ4n) is 8.13. The third-order valence-corrected chi connectivity index (χ3v) is 10.8. The van der Waals surface area contributed by atoms with Crippen LogP contribution in [0.4, 0.5) is 5.69 Å². The summed E-state index contributed by atoms with van der Waals surface area (Å²) in [6.07, 6.45) is 2.33. The van der Waals surface area contributed by atoms with E-state index in [1.807, 2.05) is 24.3 Å². The summed E-state index contributed by atoms with van der Waals surface area (Å²) in [5.74, 6) is 5.97. The zero-order valence-corrected chi connectivity index (χ0v) is 32.2.